The highest BCUT2D eigenvalue weighted by atomic mass is 35.5. The molecule has 0 aliphatic rings. The summed E-state index contributed by atoms with van der Waals surface area (Å²) in [5.74, 6) is -0.902. The fourth-order valence-corrected chi connectivity index (χ4v) is 1.86. The van der Waals surface area contributed by atoms with Crippen LogP contribution in [0.5, 0.6) is 5.75 Å². The lowest BCUT2D eigenvalue weighted by Crippen LogP contribution is -1.97. The van der Waals surface area contributed by atoms with Crippen LogP contribution in [0.1, 0.15) is 0 Å². The molecule has 18 heavy (non-hydrogen) atoms. The molecule has 0 saturated heterocycles. The van der Waals surface area contributed by atoms with E-state index >= 15 is 0 Å². The van der Waals surface area contributed by atoms with Gasteiger partial charge < -0.3 is 10.5 Å². The molecule has 0 radical (unpaired) electrons. The van der Waals surface area contributed by atoms with Gasteiger partial charge in [0.05, 0.1) is 7.11 Å². The summed E-state index contributed by atoms with van der Waals surface area (Å²) in [6, 6.07) is 6.58. The summed E-state index contributed by atoms with van der Waals surface area (Å²) in [5.41, 5.74) is 6.20. The largest absolute Gasteiger partial charge is 0.494 e. The first-order valence-corrected chi connectivity index (χ1v) is 5.49. The monoisotopic (exact) mass is 269 g/mol. The van der Waals surface area contributed by atoms with Gasteiger partial charge in [-0.2, -0.15) is 0 Å². The van der Waals surface area contributed by atoms with Crippen LogP contribution < -0.4 is 10.5 Å². The minimum absolute atomic E-state index is 0.0891. The second-order valence-corrected chi connectivity index (χ2v) is 4.11. The fraction of sp³-hybridized carbons (Fsp3) is 0.0769. The number of anilines is 1. The molecule has 0 fully saturated rings. The molecular weight excluding hydrogens is 260 g/mol. The molecule has 0 amide bonds. The smallest absolute Gasteiger partial charge is 0.150 e. The Morgan fingerprint density at radius 2 is 1.89 bits per heavy atom. The number of methoxy groups -OCH3 is 1. The van der Waals surface area contributed by atoms with E-state index in [-0.39, 0.29) is 11.4 Å². The highest BCUT2D eigenvalue weighted by Gasteiger charge is 2.12. The first kappa shape index (κ1) is 12.6. The van der Waals surface area contributed by atoms with E-state index in [9.17, 15) is 8.78 Å². The lowest BCUT2D eigenvalue weighted by Gasteiger charge is -2.10. The van der Waals surface area contributed by atoms with E-state index in [0.717, 1.165) is 0 Å². The Kier molecular flexibility index (Phi) is 3.39. The molecular formula is C13H10ClF2NO. The maximum absolute atomic E-state index is 13.6. The highest BCUT2D eigenvalue weighted by molar-refractivity contribution is 6.33. The van der Waals surface area contributed by atoms with Crippen LogP contribution in [-0.4, -0.2) is 7.11 Å². The maximum atomic E-state index is 13.6. The SMILES string of the molecule is COc1cc(-c2cc(F)ccc2Cl)cc(F)c1N. The van der Waals surface area contributed by atoms with E-state index < -0.39 is 11.6 Å². The van der Waals surface area contributed by atoms with Crippen LogP contribution in [0.2, 0.25) is 5.02 Å². The van der Waals surface area contributed by atoms with Gasteiger partial charge in [-0.3, -0.25) is 0 Å². The summed E-state index contributed by atoms with van der Waals surface area (Å²) >= 11 is 5.96. The zero-order valence-corrected chi connectivity index (χ0v) is 10.3. The van der Waals surface area contributed by atoms with E-state index in [2.05, 4.69) is 0 Å². The second-order valence-electron chi connectivity index (χ2n) is 3.70. The van der Waals surface area contributed by atoms with Gasteiger partial charge in [-0.25, -0.2) is 8.78 Å². The van der Waals surface area contributed by atoms with Gasteiger partial charge in [-0.05, 0) is 35.9 Å². The first-order valence-electron chi connectivity index (χ1n) is 5.11. The molecule has 0 unspecified atom stereocenters. The number of halogens is 3. The minimum atomic E-state index is -0.635. The Labute approximate surface area is 108 Å². The average Bonchev–Trinajstić information content (AvgIpc) is 2.35. The van der Waals surface area contributed by atoms with E-state index in [4.69, 9.17) is 22.1 Å². The van der Waals surface area contributed by atoms with Crippen LogP contribution in [0.25, 0.3) is 11.1 Å². The lowest BCUT2D eigenvalue weighted by atomic mass is 10.0. The van der Waals surface area contributed by atoms with Crippen molar-refractivity contribution in [1.82, 2.24) is 0 Å². The molecule has 2 aromatic rings. The third-order valence-electron chi connectivity index (χ3n) is 2.55. The summed E-state index contributed by atoms with van der Waals surface area (Å²) in [6.07, 6.45) is 0. The molecule has 0 aliphatic carbocycles. The van der Waals surface area contributed by atoms with Crippen molar-refractivity contribution in [2.45, 2.75) is 0 Å². The number of rotatable bonds is 2. The predicted octanol–water partition coefficient (Wildman–Crippen LogP) is 3.88. The predicted molar refractivity (Wildman–Crippen MR) is 67.8 cm³/mol. The van der Waals surface area contributed by atoms with Gasteiger partial charge in [-0.1, -0.05) is 11.6 Å². The number of hydrogen-bond donors (Lipinski definition) is 1. The van der Waals surface area contributed by atoms with Crippen LogP contribution in [-0.2, 0) is 0 Å². The molecule has 0 heterocycles. The van der Waals surface area contributed by atoms with Crippen molar-refractivity contribution in [2.24, 2.45) is 0 Å². The quantitative estimate of drug-likeness (QED) is 0.840. The number of ether oxygens (including phenoxy) is 1. The van der Waals surface area contributed by atoms with E-state index in [1.165, 1.54) is 37.4 Å². The van der Waals surface area contributed by atoms with Gasteiger partial charge in [0, 0.05) is 10.6 Å². The molecule has 5 heteroatoms. The number of benzene rings is 2. The Bertz CT molecular complexity index is 602. The number of hydrogen-bond acceptors (Lipinski definition) is 2. The first-order chi connectivity index (χ1) is 8.52. The molecule has 0 aliphatic heterocycles. The zero-order chi connectivity index (χ0) is 13.3. The number of nitrogens with two attached hydrogens (primary N) is 1. The van der Waals surface area contributed by atoms with Crippen LogP contribution in [0, 0.1) is 11.6 Å². The van der Waals surface area contributed by atoms with Crippen LogP contribution in [0.3, 0.4) is 0 Å². The minimum Gasteiger partial charge on any atom is -0.494 e. The normalized spacial score (nSPS) is 10.4. The molecule has 2 nitrogen and oxygen atoms in total. The molecule has 0 bridgehead atoms. The third kappa shape index (κ3) is 2.24. The Morgan fingerprint density at radius 1 is 1.17 bits per heavy atom. The number of nitrogen functional groups attached to an aromatic ring is 1. The van der Waals surface area contributed by atoms with Crippen molar-refractivity contribution < 1.29 is 13.5 Å². The van der Waals surface area contributed by atoms with Crippen molar-refractivity contribution in [1.29, 1.82) is 0 Å². The second kappa shape index (κ2) is 4.82. The summed E-state index contributed by atoms with van der Waals surface area (Å²) in [6.45, 7) is 0. The summed E-state index contributed by atoms with van der Waals surface area (Å²) in [4.78, 5) is 0. The standard InChI is InChI=1S/C13H10ClF2NO/c1-18-12-5-7(4-11(16)13(12)17)9-6-8(15)2-3-10(9)14/h2-6H,17H2,1H3. The van der Waals surface area contributed by atoms with Crippen molar-refractivity contribution >= 4 is 17.3 Å². The molecule has 2 aromatic carbocycles. The van der Waals surface area contributed by atoms with Crippen LogP contribution in [0.15, 0.2) is 30.3 Å². The molecule has 0 atom stereocenters. The van der Waals surface area contributed by atoms with Gasteiger partial charge in [-0.15, -0.1) is 0 Å². The summed E-state index contributed by atoms with van der Waals surface area (Å²) in [7, 11) is 1.38. The lowest BCUT2D eigenvalue weighted by molar-refractivity contribution is 0.414. The molecule has 0 spiro atoms. The van der Waals surface area contributed by atoms with Crippen molar-refractivity contribution in [2.75, 3.05) is 12.8 Å². The molecule has 0 aromatic heterocycles. The van der Waals surface area contributed by atoms with Crippen molar-refractivity contribution in [3.63, 3.8) is 0 Å². The van der Waals surface area contributed by atoms with Crippen LogP contribution >= 0.6 is 11.6 Å². The molecule has 94 valence electrons. The maximum Gasteiger partial charge on any atom is 0.150 e. The van der Waals surface area contributed by atoms with E-state index in [1.807, 2.05) is 0 Å². The molecule has 2 N–H and O–H groups in total. The van der Waals surface area contributed by atoms with Gasteiger partial charge >= 0.3 is 0 Å². The third-order valence-corrected chi connectivity index (χ3v) is 2.88. The topological polar surface area (TPSA) is 35.2 Å². The van der Waals surface area contributed by atoms with Crippen molar-refractivity contribution in [3.8, 4) is 16.9 Å². The Hall–Kier alpha value is -1.81. The van der Waals surface area contributed by atoms with Gasteiger partial charge in [0.2, 0.25) is 0 Å². The summed E-state index contributed by atoms with van der Waals surface area (Å²) < 4.78 is 31.7. The summed E-state index contributed by atoms with van der Waals surface area (Å²) in [5, 5.41) is 0.322. The van der Waals surface area contributed by atoms with E-state index in [1.54, 1.807) is 0 Å². The molecule has 2 rings (SSSR count). The van der Waals surface area contributed by atoms with Gasteiger partial charge in [0.1, 0.15) is 17.3 Å². The average molecular weight is 270 g/mol. The van der Waals surface area contributed by atoms with Gasteiger partial charge in [0.15, 0.2) is 5.82 Å². The highest BCUT2D eigenvalue weighted by Crippen LogP contribution is 2.35. The zero-order valence-electron chi connectivity index (χ0n) is 9.51. The molecule has 0 saturated carbocycles. The van der Waals surface area contributed by atoms with Gasteiger partial charge in [0.25, 0.3) is 0 Å². The Balaban J connectivity index is 2.64. The van der Waals surface area contributed by atoms with Crippen LogP contribution in [0.4, 0.5) is 14.5 Å². The van der Waals surface area contributed by atoms with Crippen molar-refractivity contribution in [3.05, 3.63) is 47.0 Å². The van der Waals surface area contributed by atoms with E-state index in [0.29, 0.717) is 16.1 Å². The fourth-order valence-electron chi connectivity index (χ4n) is 1.64. The Morgan fingerprint density at radius 3 is 2.56 bits per heavy atom.